The molecule has 12 heteroatoms. The summed E-state index contributed by atoms with van der Waals surface area (Å²) in [6, 6.07) is 5.21. The van der Waals surface area contributed by atoms with E-state index in [0.29, 0.717) is 12.0 Å². The molecule has 212 valence electrons. The fourth-order valence-corrected chi connectivity index (χ4v) is 4.48. The van der Waals surface area contributed by atoms with Gasteiger partial charge < -0.3 is 24.8 Å². The summed E-state index contributed by atoms with van der Waals surface area (Å²) >= 11 is 0. The van der Waals surface area contributed by atoms with Gasteiger partial charge in [-0.15, -0.1) is 0 Å². The van der Waals surface area contributed by atoms with E-state index in [9.17, 15) is 24.0 Å². The van der Waals surface area contributed by atoms with Gasteiger partial charge in [0, 0.05) is 31.4 Å². The molecule has 1 fully saturated rings. The van der Waals surface area contributed by atoms with Crippen LogP contribution in [-0.2, 0) is 33.4 Å². The zero-order valence-corrected chi connectivity index (χ0v) is 22.5. The van der Waals surface area contributed by atoms with E-state index in [1.807, 2.05) is 0 Å². The molecule has 1 aromatic rings. The highest BCUT2D eigenvalue weighted by Gasteiger charge is 2.44. The molecule has 0 unspecified atom stereocenters. The minimum atomic E-state index is -1.17. The van der Waals surface area contributed by atoms with E-state index in [4.69, 9.17) is 14.2 Å². The van der Waals surface area contributed by atoms with Crippen LogP contribution in [0.5, 0.6) is 0 Å². The van der Waals surface area contributed by atoms with Gasteiger partial charge in [-0.3, -0.25) is 24.0 Å². The second kappa shape index (κ2) is 14.4. The average Bonchev–Trinajstić information content (AvgIpc) is 3.05. The minimum absolute atomic E-state index is 0.165. The van der Waals surface area contributed by atoms with Crippen molar-refractivity contribution >= 4 is 29.6 Å². The van der Waals surface area contributed by atoms with Gasteiger partial charge in [-0.2, -0.15) is 0 Å². The summed E-state index contributed by atoms with van der Waals surface area (Å²) in [6.45, 7) is 6.12. The SMILES string of the molecule is CCOC(=O)C[C@H](NC(=O)[C@@H]1CCCN2C(=O)C=C[C@H](NC(=O)c3ccccc3)C(=O)N12)C(OCC)OCC. The second-order valence-corrected chi connectivity index (χ2v) is 8.88. The Morgan fingerprint density at radius 1 is 1.03 bits per heavy atom. The van der Waals surface area contributed by atoms with Crippen LogP contribution < -0.4 is 10.6 Å². The zero-order valence-electron chi connectivity index (χ0n) is 22.5. The highest BCUT2D eigenvalue weighted by atomic mass is 16.7. The first-order chi connectivity index (χ1) is 18.8. The van der Waals surface area contributed by atoms with Crippen molar-refractivity contribution in [1.82, 2.24) is 20.7 Å². The van der Waals surface area contributed by atoms with E-state index >= 15 is 0 Å². The molecule has 0 saturated carbocycles. The number of carbonyl (C=O) groups excluding carboxylic acids is 5. The van der Waals surface area contributed by atoms with Gasteiger partial charge in [-0.1, -0.05) is 18.2 Å². The van der Waals surface area contributed by atoms with E-state index in [0.717, 1.165) is 5.01 Å². The summed E-state index contributed by atoms with van der Waals surface area (Å²) in [4.78, 5) is 65.2. The Hall–Kier alpha value is -3.77. The lowest BCUT2D eigenvalue weighted by Gasteiger charge is -2.43. The smallest absolute Gasteiger partial charge is 0.308 e. The predicted molar refractivity (Wildman–Crippen MR) is 139 cm³/mol. The van der Waals surface area contributed by atoms with Crippen molar-refractivity contribution in [3.63, 3.8) is 0 Å². The van der Waals surface area contributed by atoms with Crippen molar-refractivity contribution in [2.24, 2.45) is 0 Å². The fraction of sp³-hybridized carbons (Fsp3) is 0.519. The molecule has 2 heterocycles. The van der Waals surface area contributed by atoms with Gasteiger partial charge in [0.05, 0.1) is 19.1 Å². The molecule has 3 rings (SSSR count). The highest BCUT2D eigenvalue weighted by Crippen LogP contribution is 2.23. The molecule has 0 aliphatic carbocycles. The quantitative estimate of drug-likeness (QED) is 0.292. The molecule has 0 radical (unpaired) electrons. The number of hydrogen-bond donors (Lipinski definition) is 2. The lowest BCUT2D eigenvalue weighted by atomic mass is 10.0. The molecule has 2 aliphatic rings. The third kappa shape index (κ3) is 7.64. The predicted octanol–water partition coefficient (Wildman–Crippen LogP) is 0.927. The maximum atomic E-state index is 13.7. The third-order valence-corrected chi connectivity index (χ3v) is 6.22. The van der Waals surface area contributed by atoms with Crippen LogP contribution >= 0.6 is 0 Å². The number of fused-ring (bicyclic) bond motifs is 1. The van der Waals surface area contributed by atoms with Crippen molar-refractivity contribution in [3.05, 3.63) is 48.0 Å². The molecule has 2 aliphatic heterocycles. The molecule has 1 saturated heterocycles. The molecule has 4 amide bonds. The van der Waals surface area contributed by atoms with Crippen molar-refractivity contribution < 1.29 is 38.2 Å². The van der Waals surface area contributed by atoms with E-state index in [1.54, 1.807) is 51.1 Å². The van der Waals surface area contributed by atoms with Gasteiger partial charge in [0.1, 0.15) is 12.1 Å². The molecule has 0 aromatic heterocycles. The Balaban J connectivity index is 1.84. The topological polar surface area (TPSA) is 144 Å². The molecule has 1 aromatic carbocycles. The standard InChI is InChI=1S/C27H36N4O8/c1-4-37-23(33)17-20(27(38-5-2)39-6-3)29-25(35)21-13-10-16-30-22(32)15-14-19(26(36)31(21)30)28-24(34)18-11-8-7-9-12-18/h7-9,11-12,14-15,19-21,27H,4-6,10,13,16-17H2,1-3H3,(H,28,34)(H,29,35)/t19-,20-,21-/m0/s1. The molecule has 39 heavy (non-hydrogen) atoms. The largest absolute Gasteiger partial charge is 0.466 e. The molecule has 3 atom stereocenters. The minimum Gasteiger partial charge on any atom is -0.466 e. The molecule has 0 bridgehead atoms. The van der Waals surface area contributed by atoms with Crippen molar-refractivity contribution in [3.8, 4) is 0 Å². The first-order valence-corrected chi connectivity index (χ1v) is 13.2. The maximum absolute atomic E-state index is 13.7. The first-order valence-electron chi connectivity index (χ1n) is 13.2. The molecular formula is C27H36N4O8. The van der Waals surface area contributed by atoms with E-state index in [-0.39, 0.29) is 39.2 Å². The Kier molecular flexibility index (Phi) is 11.0. The number of carbonyl (C=O) groups is 5. The molecule has 0 spiro atoms. The summed E-state index contributed by atoms with van der Waals surface area (Å²) in [5.74, 6) is -2.75. The number of amides is 4. The number of benzene rings is 1. The Labute approximate surface area is 227 Å². The summed E-state index contributed by atoms with van der Waals surface area (Å²) in [5, 5.41) is 7.75. The number of ether oxygens (including phenoxy) is 3. The van der Waals surface area contributed by atoms with Crippen LogP contribution in [0.3, 0.4) is 0 Å². The van der Waals surface area contributed by atoms with Crippen LogP contribution in [0.15, 0.2) is 42.5 Å². The van der Waals surface area contributed by atoms with Crippen LogP contribution in [0.2, 0.25) is 0 Å². The summed E-state index contributed by atoms with van der Waals surface area (Å²) in [6.07, 6.45) is 2.12. The molecular weight excluding hydrogens is 508 g/mol. The summed E-state index contributed by atoms with van der Waals surface area (Å²) in [5.41, 5.74) is 0.346. The zero-order chi connectivity index (χ0) is 28.4. The van der Waals surface area contributed by atoms with Crippen LogP contribution in [0.4, 0.5) is 0 Å². The Bertz CT molecular complexity index is 1060. The third-order valence-electron chi connectivity index (χ3n) is 6.22. The second-order valence-electron chi connectivity index (χ2n) is 8.88. The van der Waals surface area contributed by atoms with E-state index in [1.165, 1.54) is 17.2 Å². The van der Waals surface area contributed by atoms with Gasteiger partial charge in [0.25, 0.3) is 17.7 Å². The van der Waals surface area contributed by atoms with Crippen LogP contribution in [-0.4, -0.2) is 90.4 Å². The van der Waals surface area contributed by atoms with Gasteiger partial charge >= 0.3 is 5.97 Å². The van der Waals surface area contributed by atoms with Gasteiger partial charge in [0.15, 0.2) is 6.29 Å². The Morgan fingerprint density at radius 3 is 2.36 bits per heavy atom. The van der Waals surface area contributed by atoms with Crippen LogP contribution in [0.1, 0.15) is 50.4 Å². The summed E-state index contributed by atoms with van der Waals surface area (Å²) < 4.78 is 16.3. The summed E-state index contributed by atoms with van der Waals surface area (Å²) in [7, 11) is 0. The fourth-order valence-electron chi connectivity index (χ4n) is 4.48. The van der Waals surface area contributed by atoms with Crippen molar-refractivity contribution in [2.45, 2.75) is 64.4 Å². The highest BCUT2D eigenvalue weighted by molar-refractivity contribution is 6.02. The number of esters is 1. The maximum Gasteiger partial charge on any atom is 0.308 e. The van der Waals surface area contributed by atoms with Crippen molar-refractivity contribution in [1.29, 1.82) is 0 Å². The average molecular weight is 545 g/mol. The molecule has 2 N–H and O–H groups in total. The van der Waals surface area contributed by atoms with Gasteiger partial charge in [-0.05, 0) is 51.8 Å². The Morgan fingerprint density at radius 2 is 1.72 bits per heavy atom. The van der Waals surface area contributed by atoms with Crippen LogP contribution in [0.25, 0.3) is 0 Å². The first kappa shape index (κ1) is 29.8. The normalized spacial score (nSPS) is 19.8. The number of hydrogen-bond acceptors (Lipinski definition) is 8. The van der Waals surface area contributed by atoms with Crippen molar-refractivity contribution in [2.75, 3.05) is 26.4 Å². The van der Waals surface area contributed by atoms with E-state index in [2.05, 4.69) is 10.6 Å². The van der Waals surface area contributed by atoms with Gasteiger partial charge in [-0.25, -0.2) is 10.0 Å². The number of rotatable bonds is 12. The lowest BCUT2D eigenvalue weighted by molar-refractivity contribution is -0.179. The van der Waals surface area contributed by atoms with Gasteiger partial charge in [0.2, 0.25) is 5.91 Å². The number of nitrogens with one attached hydrogen (secondary N) is 2. The number of nitrogens with zero attached hydrogens (tertiary/aromatic N) is 2. The van der Waals surface area contributed by atoms with E-state index < -0.39 is 54.0 Å². The lowest BCUT2D eigenvalue weighted by Crippen LogP contribution is -2.65. The monoisotopic (exact) mass is 544 g/mol. The van der Waals surface area contributed by atoms with Crippen LogP contribution in [0, 0.1) is 0 Å². The molecule has 12 nitrogen and oxygen atoms in total. The number of hydrazine groups is 1.